The zero-order valence-electron chi connectivity index (χ0n) is 20.7. The number of ether oxygens (including phenoxy) is 2. The number of nitrogens with one attached hydrogen (secondary N) is 1. The monoisotopic (exact) mass is 508 g/mol. The average Bonchev–Trinajstić information content (AvgIpc) is 3.65. The molecule has 0 unspecified atom stereocenters. The van der Waals surface area contributed by atoms with Crippen LogP contribution < -0.4 is 10.3 Å². The van der Waals surface area contributed by atoms with Crippen molar-refractivity contribution in [2.75, 3.05) is 13.2 Å². The van der Waals surface area contributed by atoms with Crippen LogP contribution in [0.1, 0.15) is 55.4 Å². The standard InChI is InChI=1S/C26H32N6O3S/c1-3-24(25-28-29-30-32(25)16-21-7-5-11-35-21)31(17-22-8-6-12-36-22)15-19-13-18-14-20(34-4-2)9-10-23(18)27-26(19)33/h6,8-10,12-14,21,24H,3-5,7,11,15-17H2,1-2H3,(H,27,33)/t21-,24-/m0/s1. The number of aromatic amines is 1. The van der Waals surface area contributed by atoms with E-state index in [4.69, 9.17) is 9.47 Å². The number of rotatable bonds is 11. The van der Waals surface area contributed by atoms with Gasteiger partial charge in [-0.05, 0) is 72.3 Å². The van der Waals surface area contributed by atoms with Crippen molar-refractivity contribution in [1.29, 1.82) is 0 Å². The molecule has 0 saturated carbocycles. The molecule has 2 atom stereocenters. The van der Waals surface area contributed by atoms with Gasteiger partial charge in [0.2, 0.25) is 0 Å². The van der Waals surface area contributed by atoms with Crippen LogP contribution in [0.4, 0.5) is 0 Å². The van der Waals surface area contributed by atoms with E-state index in [-0.39, 0.29) is 17.7 Å². The molecule has 1 saturated heterocycles. The Labute approximate surface area is 214 Å². The highest BCUT2D eigenvalue weighted by Crippen LogP contribution is 2.28. The van der Waals surface area contributed by atoms with Gasteiger partial charge in [-0.15, -0.1) is 16.4 Å². The zero-order valence-corrected chi connectivity index (χ0v) is 21.5. The van der Waals surface area contributed by atoms with E-state index < -0.39 is 0 Å². The molecule has 1 aromatic carbocycles. The van der Waals surface area contributed by atoms with Gasteiger partial charge < -0.3 is 14.5 Å². The third-order valence-corrected chi connectivity index (χ3v) is 7.46. The number of nitrogens with zero attached hydrogens (tertiary/aromatic N) is 5. The van der Waals surface area contributed by atoms with Crippen molar-refractivity contribution in [1.82, 2.24) is 30.1 Å². The van der Waals surface area contributed by atoms with E-state index in [2.05, 4.69) is 49.8 Å². The highest BCUT2D eigenvalue weighted by atomic mass is 32.1. The minimum Gasteiger partial charge on any atom is -0.494 e. The van der Waals surface area contributed by atoms with E-state index in [1.54, 1.807) is 11.3 Å². The number of fused-ring (bicyclic) bond motifs is 1. The minimum atomic E-state index is -0.0864. The molecule has 1 N–H and O–H groups in total. The summed E-state index contributed by atoms with van der Waals surface area (Å²) in [5, 5.41) is 15.8. The van der Waals surface area contributed by atoms with Crippen molar-refractivity contribution in [3.05, 3.63) is 68.4 Å². The van der Waals surface area contributed by atoms with E-state index in [1.807, 2.05) is 35.9 Å². The Bertz CT molecular complexity index is 1330. The van der Waals surface area contributed by atoms with Gasteiger partial charge in [-0.2, -0.15) is 0 Å². The summed E-state index contributed by atoms with van der Waals surface area (Å²) < 4.78 is 13.4. The highest BCUT2D eigenvalue weighted by Gasteiger charge is 2.28. The minimum absolute atomic E-state index is 0.0617. The van der Waals surface area contributed by atoms with Crippen LogP contribution in [0.15, 0.2) is 46.6 Å². The molecule has 4 heterocycles. The van der Waals surface area contributed by atoms with Crippen molar-refractivity contribution in [2.45, 2.75) is 64.9 Å². The van der Waals surface area contributed by atoms with Crippen LogP contribution in [0.5, 0.6) is 5.75 Å². The van der Waals surface area contributed by atoms with Crippen LogP contribution in [0, 0.1) is 0 Å². The fourth-order valence-corrected chi connectivity index (χ4v) is 5.60. The number of hydrogen-bond donors (Lipinski definition) is 1. The van der Waals surface area contributed by atoms with Gasteiger partial charge in [-0.1, -0.05) is 13.0 Å². The number of aromatic nitrogens is 5. The molecule has 0 radical (unpaired) electrons. The Hall–Kier alpha value is -3.08. The van der Waals surface area contributed by atoms with Crippen LogP contribution in [0.3, 0.4) is 0 Å². The van der Waals surface area contributed by atoms with Crippen LogP contribution >= 0.6 is 11.3 Å². The fraction of sp³-hybridized carbons (Fsp3) is 0.462. The van der Waals surface area contributed by atoms with Gasteiger partial charge in [0.15, 0.2) is 5.82 Å². The lowest BCUT2D eigenvalue weighted by atomic mass is 10.1. The van der Waals surface area contributed by atoms with Crippen molar-refractivity contribution in [3.8, 4) is 5.75 Å². The predicted octanol–water partition coefficient (Wildman–Crippen LogP) is 4.31. The molecule has 0 spiro atoms. The Morgan fingerprint density at radius 2 is 2.19 bits per heavy atom. The number of tetrazole rings is 1. The lowest BCUT2D eigenvalue weighted by Crippen LogP contribution is -2.33. The first-order chi connectivity index (χ1) is 17.6. The van der Waals surface area contributed by atoms with Gasteiger partial charge in [-0.3, -0.25) is 9.69 Å². The summed E-state index contributed by atoms with van der Waals surface area (Å²) in [6.45, 7) is 7.28. The molecule has 0 aliphatic carbocycles. The van der Waals surface area contributed by atoms with E-state index in [0.29, 0.717) is 31.8 Å². The van der Waals surface area contributed by atoms with E-state index in [0.717, 1.165) is 48.3 Å². The zero-order chi connectivity index (χ0) is 24.9. The quantitative estimate of drug-likeness (QED) is 0.322. The molecule has 1 aliphatic heterocycles. The number of thiophene rings is 1. The third kappa shape index (κ3) is 5.50. The second-order valence-corrected chi connectivity index (χ2v) is 10.1. The molecule has 36 heavy (non-hydrogen) atoms. The molecule has 4 aromatic rings. The smallest absolute Gasteiger partial charge is 0.252 e. The molecule has 5 rings (SSSR count). The summed E-state index contributed by atoms with van der Waals surface area (Å²) in [7, 11) is 0. The molecular weight excluding hydrogens is 476 g/mol. The summed E-state index contributed by atoms with van der Waals surface area (Å²) in [5.74, 6) is 1.60. The van der Waals surface area contributed by atoms with Gasteiger partial charge in [0, 0.05) is 41.0 Å². The third-order valence-electron chi connectivity index (χ3n) is 6.60. The molecule has 0 bridgehead atoms. The molecular formula is C26H32N6O3S. The van der Waals surface area contributed by atoms with Crippen LogP contribution in [0.2, 0.25) is 0 Å². The summed E-state index contributed by atoms with van der Waals surface area (Å²) in [6.07, 6.45) is 3.03. The van der Waals surface area contributed by atoms with E-state index in [1.165, 1.54) is 4.88 Å². The van der Waals surface area contributed by atoms with Gasteiger partial charge in [0.05, 0.1) is 25.3 Å². The molecule has 9 nitrogen and oxygen atoms in total. The molecule has 3 aromatic heterocycles. The van der Waals surface area contributed by atoms with E-state index in [9.17, 15) is 4.79 Å². The molecule has 10 heteroatoms. The molecule has 1 fully saturated rings. The molecule has 190 valence electrons. The number of hydrogen-bond acceptors (Lipinski definition) is 8. The summed E-state index contributed by atoms with van der Waals surface area (Å²) in [5.41, 5.74) is 1.41. The predicted molar refractivity (Wildman–Crippen MR) is 139 cm³/mol. The topological polar surface area (TPSA) is 98.2 Å². The van der Waals surface area contributed by atoms with Crippen molar-refractivity contribution < 1.29 is 9.47 Å². The number of benzene rings is 1. The maximum absolute atomic E-state index is 13.1. The van der Waals surface area contributed by atoms with Crippen molar-refractivity contribution in [2.24, 2.45) is 0 Å². The maximum Gasteiger partial charge on any atom is 0.252 e. The summed E-state index contributed by atoms with van der Waals surface area (Å²) >= 11 is 1.71. The Morgan fingerprint density at radius 1 is 1.28 bits per heavy atom. The molecule has 0 amide bonds. The Balaban J connectivity index is 1.48. The Kier molecular flexibility index (Phi) is 7.74. The first-order valence-electron chi connectivity index (χ1n) is 12.6. The second kappa shape index (κ2) is 11.3. The second-order valence-electron chi connectivity index (χ2n) is 9.07. The largest absolute Gasteiger partial charge is 0.494 e. The highest BCUT2D eigenvalue weighted by molar-refractivity contribution is 7.09. The summed E-state index contributed by atoms with van der Waals surface area (Å²) in [4.78, 5) is 19.7. The van der Waals surface area contributed by atoms with Crippen LogP contribution in [-0.2, 0) is 24.4 Å². The van der Waals surface area contributed by atoms with Gasteiger partial charge in [0.25, 0.3) is 5.56 Å². The lowest BCUT2D eigenvalue weighted by Gasteiger charge is -2.30. The van der Waals surface area contributed by atoms with Crippen molar-refractivity contribution >= 4 is 22.2 Å². The van der Waals surface area contributed by atoms with Gasteiger partial charge >= 0.3 is 0 Å². The number of pyridine rings is 1. The number of H-pyrrole nitrogens is 1. The Morgan fingerprint density at radius 3 is 2.94 bits per heavy atom. The first-order valence-corrected chi connectivity index (χ1v) is 13.5. The summed E-state index contributed by atoms with van der Waals surface area (Å²) in [6, 6.07) is 11.8. The fourth-order valence-electron chi connectivity index (χ4n) is 4.87. The maximum atomic E-state index is 13.1. The SMILES string of the molecule is CCOc1ccc2[nH]c(=O)c(CN(Cc3cccs3)[C@@H](CC)c3nnnn3C[C@@H]3CCCO3)cc2c1. The van der Waals surface area contributed by atoms with Gasteiger partial charge in [0.1, 0.15) is 5.75 Å². The van der Waals surface area contributed by atoms with Crippen LogP contribution in [0.25, 0.3) is 10.9 Å². The first kappa shape index (κ1) is 24.6. The molecule has 1 aliphatic rings. The van der Waals surface area contributed by atoms with E-state index >= 15 is 0 Å². The van der Waals surface area contributed by atoms with Crippen LogP contribution in [-0.4, -0.2) is 49.4 Å². The van der Waals surface area contributed by atoms with Crippen molar-refractivity contribution in [3.63, 3.8) is 0 Å². The van der Waals surface area contributed by atoms with Gasteiger partial charge in [-0.25, -0.2) is 4.68 Å². The average molecular weight is 509 g/mol. The normalized spacial score (nSPS) is 16.7. The lowest BCUT2D eigenvalue weighted by molar-refractivity contribution is 0.0889.